The molecule has 0 amide bonds. The zero-order valence-corrected chi connectivity index (χ0v) is 23.5. The van der Waals surface area contributed by atoms with E-state index in [2.05, 4.69) is 112 Å². The summed E-state index contributed by atoms with van der Waals surface area (Å²) in [5.74, 6) is 1.61. The Morgan fingerprint density at radius 3 is 1.76 bits per heavy atom. The molecule has 0 saturated heterocycles. The van der Waals surface area contributed by atoms with Crippen molar-refractivity contribution in [2.75, 3.05) is 7.11 Å². The van der Waals surface area contributed by atoms with Crippen molar-refractivity contribution >= 4 is 37.4 Å². The molecule has 0 aromatic heterocycles. The minimum atomic E-state index is -4.44. The van der Waals surface area contributed by atoms with Crippen molar-refractivity contribution < 1.29 is 23.3 Å². The number of ether oxygens (including phenoxy) is 1. The van der Waals surface area contributed by atoms with E-state index in [-0.39, 0.29) is 30.2 Å². The fourth-order valence-electron chi connectivity index (χ4n) is 4.58. The molecule has 1 aliphatic rings. The van der Waals surface area contributed by atoms with Crippen LogP contribution in [0.3, 0.4) is 0 Å². The molecule has 1 aliphatic carbocycles. The molecule has 3 aromatic carbocycles. The summed E-state index contributed by atoms with van der Waals surface area (Å²) in [5.41, 5.74) is 1.14. The fraction of sp³-hybridized carbons (Fsp3) is 0.207. The van der Waals surface area contributed by atoms with Crippen molar-refractivity contribution in [3.63, 3.8) is 0 Å². The predicted molar refractivity (Wildman–Crippen MR) is 148 cm³/mol. The van der Waals surface area contributed by atoms with Crippen molar-refractivity contribution in [3.05, 3.63) is 107 Å². The first-order valence-electron chi connectivity index (χ1n) is 11.1. The molecule has 0 heterocycles. The average Bonchev–Trinajstić information content (AvgIpc) is 3.36. The molecule has 0 fully saturated rings. The topological polar surface area (TPSA) is 18.5 Å². The SMILES string of the molecule is Cl.Cl.[CH2]=[Ti]([O]c1cc(OC)cc(C(C)(C)C)c1)([C]1=CC=CC1)([c]1ccccc1)[c]1ccccc1. The normalized spacial score (nSPS) is 13.4. The summed E-state index contributed by atoms with van der Waals surface area (Å²) in [7, 11) is 1.71. The fourth-order valence-corrected chi connectivity index (χ4v) is 12.2. The van der Waals surface area contributed by atoms with E-state index in [9.17, 15) is 0 Å². The molecule has 0 radical (unpaired) electrons. The summed E-state index contributed by atoms with van der Waals surface area (Å²) in [6.45, 7) is 6.62. The number of methoxy groups -OCH3 is 1. The predicted octanol–water partition coefficient (Wildman–Crippen LogP) is 6.75. The first-order chi connectivity index (χ1) is 15.2. The van der Waals surface area contributed by atoms with Gasteiger partial charge in [-0.3, -0.25) is 0 Å². The van der Waals surface area contributed by atoms with Crippen LogP contribution in [0.15, 0.2) is 101 Å². The third-order valence-corrected chi connectivity index (χ3v) is 15.2. The molecule has 0 bridgehead atoms. The standard InChI is InChI=1S/C11H16O2.2C6H5.C5H5.CH2.2ClH.Ti/c1-11(2,3)8-5-9(12)7-10(6-8)13-4;2*1-2-4-6-5-3-1;1-2-4-5-3-1;;;;/h5-7,12H,1-4H3;2*1-5H;1-3H,4H2;1H2;2*1H;/q;;;;;;;+1/p-1. The van der Waals surface area contributed by atoms with Crippen LogP contribution in [0.1, 0.15) is 32.8 Å². The van der Waals surface area contributed by atoms with Crippen molar-refractivity contribution in [2.24, 2.45) is 0 Å². The van der Waals surface area contributed by atoms with Gasteiger partial charge < -0.3 is 0 Å². The average molecular weight is 533 g/mol. The molecule has 0 saturated carbocycles. The molecule has 5 heteroatoms. The van der Waals surface area contributed by atoms with Gasteiger partial charge in [0.1, 0.15) is 0 Å². The Hall–Kier alpha value is -2.10. The van der Waals surface area contributed by atoms with Gasteiger partial charge in [-0.1, -0.05) is 0 Å². The van der Waals surface area contributed by atoms with Gasteiger partial charge >= 0.3 is 194 Å². The van der Waals surface area contributed by atoms with Crippen LogP contribution in [0.5, 0.6) is 11.5 Å². The third kappa shape index (κ3) is 4.97. The number of halogens is 2. The summed E-state index contributed by atoms with van der Waals surface area (Å²) in [6.07, 6.45) is 7.39. The van der Waals surface area contributed by atoms with Crippen molar-refractivity contribution in [3.8, 4) is 11.5 Å². The number of hydrogen-bond donors (Lipinski definition) is 0. The second-order valence-corrected chi connectivity index (χ2v) is 17.0. The van der Waals surface area contributed by atoms with Crippen LogP contribution in [0, 0.1) is 0 Å². The van der Waals surface area contributed by atoms with Crippen LogP contribution in [-0.4, -0.2) is 11.9 Å². The van der Waals surface area contributed by atoms with Gasteiger partial charge in [-0.05, 0) is 0 Å². The molecule has 3 aromatic rings. The Morgan fingerprint density at radius 1 is 0.794 bits per heavy atom. The Bertz CT molecular complexity index is 1200. The molecule has 0 unspecified atom stereocenters. The molecule has 0 spiro atoms. The Balaban J connectivity index is 0.00000204. The summed E-state index contributed by atoms with van der Waals surface area (Å²) in [4.78, 5) is 5.09. The summed E-state index contributed by atoms with van der Waals surface area (Å²) >= 11 is -4.44. The van der Waals surface area contributed by atoms with E-state index in [0.29, 0.717) is 0 Å². The van der Waals surface area contributed by atoms with Crippen molar-refractivity contribution in [2.45, 2.75) is 32.6 Å². The van der Waals surface area contributed by atoms with Gasteiger partial charge in [0.05, 0.1) is 0 Å². The molecule has 34 heavy (non-hydrogen) atoms. The van der Waals surface area contributed by atoms with Gasteiger partial charge in [0, 0.05) is 0 Å². The van der Waals surface area contributed by atoms with Crippen LogP contribution in [0.4, 0.5) is 0 Å². The quantitative estimate of drug-likeness (QED) is 0.327. The van der Waals surface area contributed by atoms with E-state index in [4.69, 9.17) is 12.9 Å². The second kappa shape index (κ2) is 10.7. The monoisotopic (exact) mass is 532 g/mol. The maximum atomic E-state index is 7.32. The van der Waals surface area contributed by atoms with Gasteiger partial charge in [0.2, 0.25) is 0 Å². The van der Waals surface area contributed by atoms with Crippen LogP contribution in [-0.2, 0) is 20.6 Å². The Kier molecular flexibility index (Phi) is 8.83. The molecule has 180 valence electrons. The molecule has 0 atom stereocenters. The van der Waals surface area contributed by atoms with E-state index >= 15 is 0 Å². The molecule has 2 nitrogen and oxygen atoms in total. The summed E-state index contributed by atoms with van der Waals surface area (Å²) < 4.78 is 16.6. The number of benzene rings is 3. The molecular weight excluding hydrogens is 499 g/mol. The number of hydrogen-bond acceptors (Lipinski definition) is 2. The van der Waals surface area contributed by atoms with E-state index in [1.165, 1.54) is 17.2 Å². The van der Waals surface area contributed by atoms with Crippen LogP contribution < -0.4 is 15.8 Å². The van der Waals surface area contributed by atoms with Crippen LogP contribution >= 0.6 is 24.8 Å². The van der Waals surface area contributed by atoms with Crippen LogP contribution in [0.25, 0.3) is 0 Å². The van der Waals surface area contributed by atoms with E-state index in [1.54, 1.807) is 7.11 Å². The van der Waals surface area contributed by atoms with Crippen molar-refractivity contribution in [1.29, 1.82) is 0 Å². The van der Waals surface area contributed by atoms with Gasteiger partial charge in [-0.2, -0.15) is 0 Å². The van der Waals surface area contributed by atoms with Gasteiger partial charge in [-0.25, -0.2) is 0 Å². The van der Waals surface area contributed by atoms with Gasteiger partial charge in [-0.15, -0.1) is 24.8 Å². The van der Waals surface area contributed by atoms with E-state index in [1.807, 2.05) is 6.07 Å². The summed E-state index contributed by atoms with van der Waals surface area (Å²) in [6, 6.07) is 27.4. The van der Waals surface area contributed by atoms with Crippen molar-refractivity contribution in [1.82, 2.24) is 0 Å². The number of rotatable bonds is 6. The van der Waals surface area contributed by atoms with E-state index in [0.717, 1.165) is 17.9 Å². The Morgan fingerprint density at radius 2 is 1.32 bits per heavy atom. The van der Waals surface area contributed by atoms with E-state index < -0.39 is 15.2 Å². The summed E-state index contributed by atoms with van der Waals surface area (Å²) in [5, 5.41) is 0. The molecule has 0 N–H and O–H groups in total. The first-order valence-corrected chi connectivity index (χ1v) is 15.2. The molecular formula is C29H34Cl2O2Ti. The zero-order valence-electron chi connectivity index (χ0n) is 20.3. The molecule has 0 aliphatic heterocycles. The second-order valence-electron chi connectivity index (χ2n) is 9.66. The third-order valence-electron chi connectivity index (χ3n) is 6.54. The zero-order chi connectivity index (χ0) is 22.8. The van der Waals surface area contributed by atoms with Gasteiger partial charge in [0.15, 0.2) is 0 Å². The van der Waals surface area contributed by atoms with Crippen LogP contribution in [0.2, 0.25) is 0 Å². The molecule has 4 rings (SSSR count). The minimum absolute atomic E-state index is 0. The number of allylic oxidation sites excluding steroid dienone is 4. The van der Waals surface area contributed by atoms with Gasteiger partial charge in [0.25, 0.3) is 0 Å². The Labute approximate surface area is 217 Å². The maximum absolute atomic E-state index is 7.32. The first kappa shape index (κ1) is 28.1.